The highest BCUT2D eigenvalue weighted by atomic mass is 32.2. The molecule has 0 saturated heterocycles. The van der Waals surface area contributed by atoms with Gasteiger partial charge in [-0.2, -0.15) is 0 Å². The maximum Gasteiger partial charge on any atom is 0.530 e. The Labute approximate surface area is 406 Å². The molecule has 0 aromatic heterocycles. The SMILES string of the molecule is C1=CC2=CC(OP(Oc3ccc4ccccc4c3)Oc3ccc4ccccc4c3Sc3c(OP(Oc4ccc5ccccc5c4)Oc4ccc5ccccc5c4)ccc4ccccc34)=CCC2C=C1. The van der Waals surface area contributed by atoms with Gasteiger partial charge in [0.1, 0.15) is 34.5 Å². The first kappa shape index (κ1) is 42.8. The number of fused-ring (bicyclic) bond motifs is 6. The summed E-state index contributed by atoms with van der Waals surface area (Å²) in [7, 11) is -4.10. The first-order chi connectivity index (χ1) is 34.1. The summed E-state index contributed by atoms with van der Waals surface area (Å²) < 4.78 is 41.1. The van der Waals surface area contributed by atoms with Crippen LogP contribution in [0.3, 0.4) is 0 Å². The Morgan fingerprint density at radius 1 is 0.391 bits per heavy atom. The summed E-state index contributed by atoms with van der Waals surface area (Å²) in [5.74, 6) is 4.14. The first-order valence-electron chi connectivity index (χ1n) is 22.7. The van der Waals surface area contributed by atoms with Crippen molar-refractivity contribution >= 4 is 82.8 Å². The van der Waals surface area contributed by atoms with E-state index >= 15 is 0 Å². The molecule has 12 rings (SSSR count). The van der Waals surface area contributed by atoms with Gasteiger partial charge >= 0.3 is 17.2 Å². The predicted octanol–water partition coefficient (Wildman–Crippen LogP) is 18.0. The lowest BCUT2D eigenvalue weighted by atomic mass is 9.88. The van der Waals surface area contributed by atoms with Crippen LogP contribution in [0.5, 0.6) is 28.7 Å². The Bertz CT molecular complexity index is 3620. The van der Waals surface area contributed by atoms with Gasteiger partial charge in [-0.15, -0.1) is 0 Å². The molecule has 0 aliphatic heterocycles. The van der Waals surface area contributed by atoms with E-state index in [9.17, 15) is 0 Å². The van der Waals surface area contributed by atoms with E-state index in [-0.39, 0.29) is 0 Å². The normalized spacial score (nSPS) is 14.7. The van der Waals surface area contributed by atoms with Crippen molar-refractivity contribution in [3.63, 3.8) is 0 Å². The molecule has 6 nitrogen and oxygen atoms in total. The van der Waals surface area contributed by atoms with Crippen molar-refractivity contribution in [3.8, 4) is 28.7 Å². The van der Waals surface area contributed by atoms with Gasteiger partial charge in [-0.1, -0.05) is 188 Å². The molecule has 2 aliphatic carbocycles. The Morgan fingerprint density at radius 3 is 1.30 bits per heavy atom. The van der Waals surface area contributed by atoms with Crippen LogP contribution in [0.25, 0.3) is 53.9 Å². The van der Waals surface area contributed by atoms with E-state index in [1.165, 1.54) is 5.57 Å². The molecule has 334 valence electrons. The highest BCUT2D eigenvalue weighted by molar-refractivity contribution is 8.00. The first-order valence-corrected chi connectivity index (χ1v) is 25.8. The summed E-state index contributed by atoms with van der Waals surface area (Å²) in [5, 5.41) is 10.6. The second-order valence-electron chi connectivity index (χ2n) is 16.7. The monoisotopic (exact) mass is 952 g/mol. The summed E-state index contributed by atoms with van der Waals surface area (Å²) in [5.41, 5.74) is 1.19. The maximum absolute atomic E-state index is 7.05. The van der Waals surface area contributed by atoms with Crippen LogP contribution in [-0.4, -0.2) is 0 Å². The minimum Gasteiger partial charge on any atom is -0.409 e. The number of allylic oxidation sites excluding steroid dienone is 7. The van der Waals surface area contributed by atoms with E-state index in [2.05, 4.69) is 146 Å². The third kappa shape index (κ3) is 9.38. The van der Waals surface area contributed by atoms with Gasteiger partial charge in [0.05, 0.1) is 9.79 Å². The van der Waals surface area contributed by atoms with Crippen LogP contribution in [0.2, 0.25) is 0 Å². The van der Waals surface area contributed by atoms with Crippen LogP contribution in [-0.2, 0) is 4.52 Å². The fraction of sp³-hybridized carbons (Fsp3) is 0.0333. The van der Waals surface area contributed by atoms with Gasteiger partial charge in [0.15, 0.2) is 0 Å². The molecule has 0 fully saturated rings. The lowest BCUT2D eigenvalue weighted by Gasteiger charge is -2.24. The van der Waals surface area contributed by atoms with Crippen molar-refractivity contribution < 1.29 is 27.1 Å². The van der Waals surface area contributed by atoms with E-state index < -0.39 is 17.2 Å². The summed E-state index contributed by atoms with van der Waals surface area (Å²) in [6, 6.07) is 67.7. The highest BCUT2D eigenvalue weighted by Gasteiger charge is 2.28. The average Bonchev–Trinajstić information content (AvgIpc) is 3.39. The molecule has 2 atom stereocenters. The van der Waals surface area contributed by atoms with Crippen molar-refractivity contribution in [1.29, 1.82) is 0 Å². The topological polar surface area (TPSA) is 55.4 Å². The Balaban J connectivity index is 0.936. The van der Waals surface area contributed by atoms with E-state index in [1.807, 2.05) is 91.0 Å². The van der Waals surface area contributed by atoms with Gasteiger partial charge in [0.2, 0.25) is 0 Å². The Hall–Kier alpha value is -7.53. The predicted molar refractivity (Wildman–Crippen MR) is 284 cm³/mol. The van der Waals surface area contributed by atoms with Crippen LogP contribution in [0, 0.1) is 5.92 Å². The molecular weight excluding hydrogens is 911 g/mol. The van der Waals surface area contributed by atoms with Crippen LogP contribution >= 0.6 is 29.0 Å². The second kappa shape index (κ2) is 19.2. The summed E-state index contributed by atoms with van der Waals surface area (Å²) in [4.78, 5) is 1.74. The zero-order valence-corrected chi connectivity index (χ0v) is 39.7. The van der Waals surface area contributed by atoms with Crippen molar-refractivity contribution in [2.24, 2.45) is 5.92 Å². The van der Waals surface area contributed by atoms with Gasteiger partial charge in [0.25, 0.3) is 0 Å². The molecule has 10 aromatic rings. The third-order valence-electron chi connectivity index (χ3n) is 12.2. The molecule has 0 amide bonds. The molecule has 10 aromatic carbocycles. The van der Waals surface area contributed by atoms with Gasteiger partial charge in [-0.05, 0) is 127 Å². The fourth-order valence-electron chi connectivity index (χ4n) is 8.69. The molecule has 0 radical (unpaired) electrons. The van der Waals surface area contributed by atoms with E-state index in [4.69, 9.17) is 27.1 Å². The standard InChI is InChI=1S/C60H42O6P2S/c1-5-19-47-37-51(31-25-41(47)13-1)61-67(62-52-32-26-42-14-2-6-20-48(42)38-52)65-57-35-29-45-17-9-11-23-55(45)59(57)69-60-56-24-12-10-18-46(56)30-36-58(60)66-68(63-53-33-27-43-15-3-7-21-49(43)39-53)64-54-34-28-44-16-4-8-22-50(44)40-54/h1-27,29-40,44H,28H2. The van der Waals surface area contributed by atoms with E-state index in [0.29, 0.717) is 40.4 Å². The molecule has 0 spiro atoms. The molecule has 0 saturated carbocycles. The molecule has 69 heavy (non-hydrogen) atoms. The molecule has 9 heteroatoms. The molecule has 0 N–H and O–H groups in total. The smallest absolute Gasteiger partial charge is 0.409 e. The van der Waals surface area contributed by atoms with Crippen molar-refractivity contribution in [3.05, 3.63) is 248 Å². The minimum atomic E-state index is -2.06. The minimum absolute atomic E-state index is 0.313. The molecule has 0 heterocycles. The lowest BCUT2D eigenvalue weighted by molar-refractivity contribution is 0.334. The van der Waals surface area contributed by atoms with Gasteiger partial charge in [-0.25, -0.2) is 0 Å². The fourth-order valence-corrected chi connectivity index (χ4v) is 12.0. The van der Waals surface area contributed by atoms with Crippen molar-refractivity contribution in [2.75, 3.05) is 0 Å². The molecular formula is C60H42O6P2S. The third-order valence-corrected chi connectivity index (χ3v) is 15.6. The largest absolute Gasteiger partial charge is 0.530 e. The number of hydrogen-bond donors (Lipinski definition) is 0. The number of rotatable bonds is 14. The highest BCUT2D eigenvalue weighted by Crippen LogP contribution is 2.54. The van der Waals surface area contributed by atoms with E-state index in [1.54, 1.807) is 11.8 Å². The van der Waals surface area contributed by atoms with Gasteiger partial charge in [-0.3, -0.25) is 0 Å². The van der Waals surface area contributed by atoms with Crippen LogP contribution in [0.4, 0.5) is 0 Å². The summed E-state index contributed by atoms with van der Waals surface area (Å²) in [6.45, 7) is 0. The lowest BCUT2D eigenvalue weighted by Crippen LogP contribution is -2.08. The maximum atomic E-state index is 7.05. The van der Waals surface area contributed by atoms with Crippen molar-refractivity contribution in [2.45, 2.75) is 16.2 Å². The second-order valence-corrected chi connectivity index (χ2v) is 19.7. The van der Waals surface area contributed by atoms with Crippen LogP contribution in [0.15, 0.2) is 258 Å². The Morgan fingerprint density at radius 2 is 0.812 bits per heavy atom. The summed E-state index contributed by atoms with van der Waals surface area (Å²) in [6.07, 6.45) is 13.6. The zero-order chi connectivity index (χ0) is 45.9. The van der Waals surface area contributed by atoms with Crippen molar-refractivity contribution in [1.82, 2.24) is 0 Å². The van der Waals surface area contributed by atoms with Crippen LogP contribution < -0.4 is 22.6 Å². The number of benzene rings is 10. The number of hydrogen-bond acceptors (Lipinski definition) is 7. The zero-order valence-electron chi connectivity index (χ0n) is 37.1. The quantitative estimate of drug-likeness (QED) is 0.101. The molecule has 2 unspecified atom stereocenters. The average molecular weight is 953 g/mol. The van der Waals surface area contributed by atoms with Gasteiger partial charge in [0, 0.05) is 5.92 Å². The van der Waals surface area contributed by atoms with Crippen LogP contribution in [0.1, 0.15) is 6.42 Å². The van der Waals surface area contributed by atoms with Gasteiger partial charge < -0.3 is 27.1 Å². The Kier molecular flexibility index (Phi) is 11.9. The summed E-state index contributed by atoms with van der Waals surface area (Å²) >= 11 is 1.57. The molecule has 2 aliphatic rings. The molecule has 0 bridgehead atoms. The van der Waals surface area contributed by atoms with E-state index in [0.717, 1.165) is 70.1 Å².